The molecule has 2 aliphatic heterocycles. The highest BCUT2D eigenvalue weighted by Gasteiger charge is 2.35. The van der Waals surface area contributed by atoms with E-state index in [4.69, 9.17) is 4.42 Å². The Morgan fingerprint density at radius 1 is 1.16 bits per heavy atom. The van der Waals surface area contributed by atoms with Crippen molar-refractivity contribution in [1.82, 2.24) is 21.1 Å². The van der Waals surface area contributed by atoms with Crippen LogP contribution in [0.5, 0.6) is 0 Å². The molecule has 5 nitrogen and oxygen atoms in total. The smallest absolute Gasteiger partial charge is 0.134 e. The van der Waals surface area contributed by atoms with E-state index in [0.29, 0.717) is 5.92 Å². The second-order valence-electron chi connectivity index (χ2n) is 7.99. The number of fused-ring (bicyclic) bond motifs is 1. The second kappa shape index (κ2) is 6.72. The lowest BCUT2D eigenvalue weighted by atomic mass is 9.99. The molecule has 134 valence electrons. The third-order valence-corrected chi connectivity index (χ3v) is 6.06. The maximum atomic E-state index is 6.07. The van der Waals surface area contributed by atoms with Gasteiger partial charge >= 0.3 is 0 Å². The molecular weight excluding hydrogens is 312 g/mol. The van der Waals surface area contributed by atoms with Crippen LogP contribution in [0.4, 0.5) is 0 Å². The number of nitrogens with zero attached hydrogens (tertiary/aromatic N) is 1. The van der Waals surface area contributed by atoms with E-state index < -0.39 is 0 Å². The van der Waals surface area contributed by atoms with Crippen LogP contribution in [0.2, 0.25) is 0 Å². The molecule has 1 aliphatic carbocycles. The molecule has 0 amide bonds. The van der Waals surface area contributed by atoms with Crippen molar-refractivity contribution in [1.29, 1.82) is 0 Å². The maximum Gasteiger partial charge on any atom is 0.134 e. The number of rotatable bonds is 6. The molecule has 3 heterocycles. The molecule has 3 atom stereocenters. The minimum atomic E-state index is 0.242. The van der Waals surface area contributed by atoms with Crippen LogP contribution in [-0.4, -0.2) is 43.7 Å². The summed E-state index contributed by atoms with van der Waals surface area (Å²) in [6.45, 7) is 5.76. The number of para-hydroxylation sites is 1. The van der Waals surface area contributed by atoms with Gasteiger partial charge in [0, 0.05) is 37.0 Å². The van der Waals surface area contributed by atoms with E-state index in [1.54, 1.807) is 0 Å². The highest BCUT2D eigenvalue weighted by Crippen LogP contribution is 2.32. The third-order valence-electron chi connectivity index (χ3n) is 6.06. The van der Waals surface area contributed by atoms with Crippen molar-refractivity contribution in [3.05, 3.63) is 36.1 Å². The first-order valence-electron chi connectivity index (χ1n) is 9.78. The van der Waals surface area contributed by atoms with Crippen molar-refractivity contribution in [3.63, 3.8) is 0 Å². The van der Waals surface area contributed by atoms with Gasteiger partial charge in [-0.3, -0.25) is 5.43 Å². The van der Waals surface area contributed by atoms with Gasteiger partial charge in [0.05, 0.1) is 6.04 Å². The van der Waals surface area contributed by atoms with Gasteiger partial charge in [-0.15, -0.1) is 0 Å². The molecule has 0 bridgehead atoms. The highest BCUT2D eigenvalue weighted by atomic mass is 16.3. The molecule has 0 spiro atoms. The van der Waals surface area contributed by atoms with Crippen LogP contribution in [0.3, 0.4) is 0 Å². The average Bonchev–Trinajstić information content (AvgIpc) is 3.05. The molecule has 3 aliphatic rings. The summed E-state index contributed by atoms with van der Waals surface area (Å²) in [7, 11) is 0. The lowest BCUT2D eigenvalue weighted by Crippen LogP contribution is -2.33. The molecule has 3 unspecified atom stereocenters. The van der Waals surface area contributed by atoms with Gasteiger partial charge in [0.25, 0.3) is 0 Å². The fourth-order valence-electron chi connectivity index (χ4n) is 4.46. The van der Waals surface area contributed by atoms with E-state index in [0.717, 1.165) is 42.9 Å². The molecule has 2 saturated heterocycles. The predicted octanol–water partition coefficient (Wildman–Crippen LogP) is 2.27. The van der Waals surface area contributed by atoms with Crippen LogP contribution < -0.4 is 16.2 Å². The fourth-order valence-corrected chi connectivity index (χ4v) is 4.46. The first-order valence-corrected chi connectivity index (χ1v) is 9.78. The molecule has 25 heavy (non-hydrogen) atoms. The monoisotopic (exact) mass is 340 g/mol. The summed E-state index contributed by atoms with van der Waals surface area (Å²) in [5, 5.41) is 4.92. The average molecular weight is 340 g/mol. The molecule has 1 aromatic heterocycles. The van der Waals surface area contributed by atoms with Crippen LogP contribution in [0.15, 0.2) is 34.7 Å². The summed E-state index contributed by atoms with van der Waals surface area (Å²) < 4.78 is 6.07. The summed E-state index contributed by atoms with van der Waals surface area (Å²) in [6, 6.07) is 11.6. The van der Waals surface area contributed by atoms with Gasteiger partial charge < -0.3 is 14.6 Å². The topological polar surface area (TPSA) is 52.5 Å². The molecular formula is C20H28N4O. The Kier molecular flexibility index (Phi) is 4.26. The van der Waals surface area contributed by atoms with Crippen molar-refractivity contribution >= 4 is 11.0 Å². The maximum absolute atomic E-state index is 6.07. The van der Waals surface area contributed by atoms with E-state index in [-0.39, 0.29) is 6.04 Å². The number of benzene rings is 1. The Bertz CT molecular complexity index is 692. The van der Waals surface area contributed by atoms with Crippen molar-refractivity contribution in [2.24, 2.45) is 11.8 Å². The van der Waals surface area contributed by atoms with Gasteiger partial charge in [0.2, 0.25) is 0 Å². The van der Waals surface area contributed by atoms with Gasteiger partial charge in [-0.2, -0.15) is 0 Å². The fraction of sp³-hybridized carbons (Fsp3) is 0.600. The number of furan rings is 1. The Labute approximate surface area is 149 Å². The summed E-state index contributed by atoms with van der Waals surface area (Å²) in [5.41, 5.74) is 7.69. The largest absolute Gasteiger partial charge is 0.459 e. The number of hydrogen-bond acceptors (Lipinski definition) is 5. The SMILES string of the molecule is c1ccc2oc(C3NNCC3CNCC3CCN(C4CC4)C3)cc2c1. The zero-order chi connectivity index (χ0) is 16.6. The third kappa shape index (κ3) is 3.34. The van der Waals surface area contributed by atoms with Crippen LogP contribution in [0.1, 0.15) is 31.1 Å². The van der Waals surface area contributed by atoms with E-state index in [2.05, 4.69) is 39.3 Å². The molecule has 0 radical (unpaired) electrons. The lowest BCUT2D eigenvalue weighted by Gasteiger charge is -2.19. The first-order chi connectivity index (χ1) is 12.4. The summed E-state index contributed by atoms with van der Waals surface area (Å²) in [5.74, 6) is 2.38. The Hall–Kier alpha value is -1.40. The minimum Gasteiger partial charge on any atom is -0.459 e. The molecule has 2 aromatic rings. The molecule has 3 fully saturated rings. The standard InChI is InChI=1S/C20H28N4O/c1-2-4-18-15(3-1)9-19(25-18)20-16(12-22-23-20)11-21-10-14-7-8-24(13-14)17-5-6-17/h1-4,9,14,16-17,20-23H,5-8,10-13H2. The van der Waals surface area contributed by atoms with Crippen LogP contribution in [-0.2, 0) is 0 Å². The van der Waals surface area contributed by atoms with E-state index in [9.17, 15) is 0 Å². The van der Waals surface area contributed by atoms with Crippen molar-refractivity contribution in [2.45, 2.75) is 31.3 Å². The number of hydrazine groups is 1. The minimum absolute atomic E-state index is 0.242. The van der Waals surface area contributed by atoms with Gasteiger partial charge in [0.1, 0.15) is 11.3 Å². The van der Waals surface area contributed by atoms with Crippen LogP contribution in [0, 0.1) is 11.8 Å². The van der Waals surface area contributed by atoms with Crippen molar-refractivity contribution < 1.29 is 4.42 Å². The summed E-state index contributed by atoms with van der Waals surface area (Å²) in [4.78, 5) is 2.70. The number of likely N-dealkylation sites (tertiary alicyclic amines) is 1. The second-order valence-corrected chi connectivity index (χ2v) is 7.99. The van der Waals surface area contributed by atoms with Gasteiger partial charge in [-0.1, -0.05) is 18.2 Å². The predicted molar refractivity (Wildman–Crippen MR) is 99.2 cm³/mol. The molecule has 5 rings (SSSR count). The Morgan fingerprint density at radius 3 is 2.96 bits per heavy atom. The van der Waals surface area contributed by atoms with Gasteiger partial charge in [0.15, 0.2) is 0 Å². The Balaban J connectivity index is 1.16. The molecule has 1 aromatic carbocycles. The summed E-state index contributed by atoms with van der Waals surface area (Å²) in [6.07, 6.45) is 4.22. The summed E-state index contributed by atoms with van der Waals surface area (Å²) >= 11 is 0. The number of nitrogens with one attached hydrogen (secondary N) is 3. The molecule has 5 heteroatoms. The number of hydrogen-bond donors (Lipinski definition) is 3. The van der Waals surface area contributed by atoms with E-state index in [1.165, 1.54) is 37.7 Å². The van der Waals surface area contributed by atoms with E-state index in [1.807, 2.05) is 12.1 Å². The van der Waals surface area contributed by atoms with Crippen LogP contribution >= 0.6 is 0 Å². The lowest BCUT2D eigenvalue weighted by molar-refractivity contribution is 0.308. The van der Waals surface area contributed by atoms with E-state index >= 15 is 0 Å². The molecule has 1 saturated carbocycles. The van der Waals surface area contributed by atoms with Crippen LogP contribution in [0.25, 0.3) is 11.0 Å². The van der Waals surface area contributed by atoms with Crippen molar-refractivity contribution in [3.8, 4) is 0 Å². The first kappa shape index (κ1) is 15.8. The quantitative estimate of drug-likeness (QED) is 0.753. The van der Waals surface area contributed by atoms with Crippen molar-refractivity contribution in [2.75, 3.05) is 32.7 Å². The Morgan fingerprint density at radius 2 is 2.08 bits per heavy atom. The highest BCUT2D eigenvalue weighted by molar-refractivity contribution is 5.77. The zero-order valence-electron chi connectivity index (χ0n) is 14.7. The van der Waals surface area contributed by atoms with Gasteiger partial charge in [-0.25, -0.2) is 5.43 Å². The zero-order valence-corrected chi connectivity index (χ0v) is 14.7. The molecule has 3 N–H and O–H groups in total. The normalized spacial score (nSPS) is 30.5. The van der Waals surface area contributed by atoms with Gasteiger partial charge in [-0.05, 0) is 50.4 Å².